The molecule has 0 radical (unpaired) electrons. The van der Waals surface area contributed by atoms with Crippen LogP contribution in [0.3, 0.4) is 0 Å². The highest BCUT2D eigenvalue weighted by Gasteiger charge is 2.18. The Bertz CT molecular complexity index is 1100. The van der Waals surface area contributed by atoms with E-state index in [9.17, 15) is 5.11 Å². The first-order valence-corrected chi connectivity index (χ1v) is 11.4. The maximum atomic E-state index is 9.83. The predicted molar refractivity (Wildman–Crippen MR) is 132 cm³/mol. The van der Waals surface area contributed by atoms with Gasteiger partial charge in [-0.25, -0.2) is 0 Å². The van der Waals surface area contributed by atoms with Crippen LogP contribution >= 0.6 is 0 Å². The fraction of sp³-hybridized carbons (Fsp3) is 0.286. The zero-order chi connectivity index (χ0) is 23.2. The van der Waals surface area contributed by atoms with E-state index in [0.29, 0.717) is 12.6 Å². The predicted octanol–water partition coefficient (Wildman–Crippen LogP) is 5.87. The third kappa shape index (κ3) is 5.49. The fourth-order valence-electron chi connectivity index (χ4n) is 3.99. The molecule has 5 heteroatoms. The summed E-state index contributed by atoms with van der Waals surface area (Å²) in [6.07, 6.45) is 0.828. The number of phenolic OH excluding ortho intramolecular Hbond substituents is 1. The second-order valence-corrected chi connectivity index (χ2v) is 8.30. The van der Waals surface area contributed by atoms with Crippen LogP contribution in [0.15, 0.2) is 66.7 Å². The van der Waals surface area contributed by atoms with Gasteiger partial charge in [-0.15, -0.1) is 0 Å². The average Bonchev–Trinajstić information content (AvgIpc) is 3.29. The Hall–Kier alpha value is -3.44. The first kappa shape index (κ1) is 22.7. The van der Waals surface area contributed by atoms with Gasteiger partial charge in [0.2, 0.25) is 6.79 Å². The highest BCUT2D eigenvalue weighted by Crippen LogP contribution is 2.40. The van der Waals surface area contributed by atoms with Crippen LogP contribution in [-0.4, -0.2) is 31.1 Å². The van der Waals surface area contributed by atoms with Gasteiger partial charge < -0.3 is 24.6 Å². The van der Waals surface area contributed by atoms with Crippen molar-refractivity contribution in [3.63, 3.8) is 0 Å². The van der Waals surface area contributed by atoms with Crippen molar-refractivity contribution in [2.24, 2.45) is 0 Å². The number of fused-ring (bicyclic) bond motifs is 1. The maximum absolute atomic E-state index is 9.83. The number of hydrogen-bond acceptors (Lipinski definition) is 5. The molecule has 0 aromatic heterocycles. The number of benzene rings is 3. The smallest absolute Gasteiger partial charge is 0.231 e. The largest absolute Gasteiger partial charge is 0.508 e. The lowest BCUT2D eigenvalue weighted by molar-refractivity contribution is 0.174. The van der Waals surface area contributed by atoms with Crippen LogP contribution in [0, 0.1) is 0 Å². The van der Waals surface area contributed by atoms with Crippen molar-refractivity contribution >= 4 is 11.1 Å². The molecule has 0 aliphatic carbocycles. The molecule has 0 bridgehead atoms. The molecule has 5 nitrogen and oxygen atoms in total. The van der Waals surface area contributed by atoms with Crippen molar-refractivity contribution < 1.29 is 19.3 Å². The van der Waals surface area contributed by atoms with E-state index in [1.165, 1.54) is 5.57 Å². The molecule has 1 aliphatic heterocycles. The molecule has 33 heavy (non-hydrogen) atoms. The van der Waals surface area contributed by atoms with E-state index in [1.807, 2.05) is 36.4 Å². The molecule has 0 atom stereocenters. The maximum Gasteiger partial charge on any atom is 0.231 e. The van der Waals surface area contributed by atoms with Crippen molar-refractivity contribution in [1.82, 2.24) is 5.32 Å². The van der Waals surface area contributed by atoms with Crippen LogP contribution in [0.2, 0.25) is 0 Å². The van der Waals surface area contributed by atoms with Gasteiger partial charge >= 0.3 is 0 Å². The van der Waals surface area contributed by atoms with E-state index >= 15 is 0 Å². The van der Waals surface area contributed by atoms with E-state index < -0.39 is 0 Å². The van der Waals surface area contributed by atoms with E-state index in [1.54, 1.807) is 12.1 Å². The Morgan fingerprint density at radius 2 is 1.55 bits per heavy atom. The molecule has 3 aromatic rings. The summed E-state index contributed by atoms with van der Waals surface area (Å²) >= 11 is 0. The van der Waals surface area contributed by atoms with Gasteiger partial charge in [-0.3, -0.25) is 0 Å². The minimum Gasteiger partial charge on any atom is -0.508 e. The molecule has 172 valence electrons. The van der Waals surface area contributed by atoms with Crippen LogP contribution in [0.5, 0.6) is 23.0 Å². The molecule has 0 saturated carbocycles. The molecule has 3 aromatic carbocycles. The number of aromatic hydroxyl groups is 1. The van der Waals surface area contributed by atoms with Gasteiger partial charge in [0.05, 0.1) is 0 Å². The molecule has 0 unspecified atom stereocenters. The summed E-state index contributed by atoms with van der Waals surface area (Å²) in [7, 11) is 0. The molecule has 4 rings (SSSR count). The van der Waals surface area contributed by atoms with Crippen molar-refractivity contribution in [2.45, 2.75) is 33.2 Å². The summed E-state index contributed by atoms with van der Waals surface area (Å²) in [5.41, 5.74) is 5.52. The van der Waals surface area contributed by atoms with Gasteiger partial charge in [0.1, 0.15) is 18.1 Å². The van der Waals surface area contributed by atoms with E-state index in [2.05, 4.69) is 44.3 Å². The summed E-state index contributed by atoms with van der Waals surface area (Å²) in [4.78, 5) is 0. The normalized spacial score (nSPS) is 13.2. The van der Waals surface area contributed by atoms with E-state index in [4.69, 9.17) is 14.2 Å². The Morgan fingerprint density at radius 1 is 0.909 bits per heavy atom. The summed E-state index contributed by atoms with van der Waals surface area (Å²) in [5, 5.41) is 13.2. The number of ether oxygens (including phenoxy) is 3. The van der Waals surface area contributed by atoms with Gasteiger partial charge in [0.15, 0.2) is 11.5 Å². The van der Waals surface area contributed by atoms with Crippen molar-refractivity contribution in [2.75, 3.05) is 19.9 Å². The zero-order valence-corrected chi connectivity index (χ0v) is 19.4. The third-order valence-electron chi connectivity index (χ3n) is 5.60. The Balaban J connectivity index is 1.70. The van der Waals surface area contributed by atoms with Crippen LogP contribution in [-0.2, 0) is 0 Å². The van der Waals surface area contributed by atoms with E-state index in [0.717, 1.165) is 52.5 Å². The molecule has 1 aliphatic rings. The van der Waals surface area contributed by atoms with Crippen LogP contribution < -0.4 is 19.5 Å². The minimum absolute atomic E-state index is 0.248. The van der Waals surface area contributed by atoms with E-state index in [-0.39, 0.29) is 12.5 Å². The summed E-state index contributed by atoms with van der Waals surface area (Å²) < 4.78 is 17.0. The fourth-order valence-corrected chi connectivity index (χ4v) is 3.99. The van der Waals surface area contributed by atoms with Gasteiger partial charge in [-0.05, 0) is 70.7 Å². The first-order chi connectivity index (χ1) is 16.0. The quantitative estimate of drug-likeness (QED) is 0.319. The van der Waals surface area contributed by atoms with Crippen molar-refractivity contribution in [3.8, 4) is 23.0 Å². The number of rotatable bonds is 9. The number of nitrogens with one attached hydrogen (secondary N) is 1. The van der Waals surface area contributed by atoms with Crippen LogP contribution in [0.4, 0.5) is 0 Å². The summed E-state index contributed by atoms with van der Waals surface area (Å²) in [6, 6.07) is 22.1. The molecule has 0 fully saturated rings. The standard InChI is InChI=1S/C28H31NO4/c1-4-25(22-9-14-26-27(17-22)33-18-32-26)28(20-5-10-23(30)11-6-20)21-7-12-24(13-8-21)31-16-15-29-19(2)3/h5-14,17,19,29-30H,4,15-16,18H2,1-3H3. The third-order valence-corrected chi connectivity index (χ3v) is 5.60. The summed E-state index contributed by atoms with van der Waals surface area (Å²) in [5.74, 6) is 2.63. The van der Waals surface area contributed by atoms with Crippen LogP contribution in [0.1, 0.15) is 43.9 Å². The molecular formula is C28H31NO4. The second-order valence-electron chi connectivity index (χ2n) is 8.30. The van der Waals surface area contributed by atoms with Gasteiger partial charge in [0, 0.05) is 12.6 Å². The van der Waals surface area contributed by atoms with Crippen molar-refractivity contribution in [1.29, 1.82) is 0 Å². The number of allylic oxidation sites excluding steroid dienone is 1. The number of phenols is 1. The molecule has 0 amide bonds. The Labute approximate surface area is 195 Å². The lowest BCUT2D eigenvalue weighted by atomic mass is 9.88. The highest BCUT2D eigenvalue weighted by atomic mass is 16.7. The average molecular weight is 446 g/mol. The lowest BCUT2D eigenvalue weighted by Gasteiger charge is -2.17. The zero-order valence-electron chi connectivity index (χ0n) is 19.4. The molecule has 0 spiro atoms. The first-order valence-electron chi connectivity index (χ1n) is 11.4. The second kappa shape index (κ2) is 10.5. The highest BCUT2D eigenvalue weighted by molar-refractivity contribution is 5.99. The Kier molecular flexibility index (Phi) is 7.20. The molecule has 1 heterocycles. The van der Waals surface area contributed by atoms with Gasteiger partial charge in [-0.1, -0.05) is 51.1 Å². The van der Waals surface area contributed by atoms with Crippen LogP contribution in [0.25, 0.3) is 11.1 Å². The van der Waals surface area contributed by atoms with Gasteiger partial charge in [0.25, 0.3) is 0 Å². The topological polar surface area (TPSA) is 60.0 Å². The Morgan fingerprint density at radius 3 is 2.21 bits per heavy atom. The SMILES string of the molecule is CCC(=C(c1ccc(O)cc1)c1ccc(OCCNC(C)C)cc1)c1ccc2c(c1)OCO2. The lowest BCUT2D eigenvalue weighted by Crippen LogP contribution is -2.27. The molecule has 0 saturated heterocycles. The number of hydrogen-bond donors (Lipinski definition) is 2. The molecule has 2 N–H and O–H groups in total. The van der Waals surface area contributed by atoms with Crippen molar-refractivity contribution in [3.05, 3.63) is 83.4 Å². The molecular weight excluding hydrogens is 414 g/mol. The monoisotopic (exact) mass is 445 g/mol. The van der Waals surface area contributed by atoms with Gasteiger partial charge in [-0.2, -0.15) is 0 Å². The minimum atomic E-state index is 0.248. The summed E-state index contributed by atoms with van der Waals surface area (Å²) in [6.45, 7) is 8.08.